The molecule has 0 saturated carbocycles. The van der Waals surface area contributed by atoms with E-state index in [4.69, 9.17) is 26.3 Å². The molecule has 0 aliphatic heterocycles. The first-order chi connectivity index (χ1) is 16.6. The van der Waals surface area contributed by atoms with E-state index in [1.165, 1.54) is 50.7 Å². The lowest BCUT2D eigenvalue weighted by atomic mass is 10.1. The van der Waals surface area contributed by atoms with E-state index in [0.717, 1.165) is 6.07 Å². The Balaban J connectivity index is 2.05. The highest BCUT2D eigenvalue weighted by atomic mass is 35.5. The molecule has 8 nitrogen and oxygen atoms in total. The number of ether oxygens (including phenoxy) is 2. The monoisotopic (exact) mass is 524 g/mol. The fraction of sp³-hybridized carbons (Fsp3) is 0.136. The largest absolute Gasteiger partial charge is 0.592 e. The van der Waals surface area contributed by atoms with Crippen LogP contribution in [0.3, 0.4) is 0 Å². The molecule has 2 aromatic carbocycles. The molecule has 0 fully saturated rings. The van der Waals surface area contributed by atoms with Crippen molar-refractivity contribution in [3.05, 3.63) is 70.4 Å². The minimum absolute atomic E-state index is 0.0355. The lowest BCUT2D eigenvalue weighted by molar-refractivity contribution is -0.137. The third kappa shape index (κ3) is 6.14. The average molecular weight is 525 g/mol. The van der Waals surface area contributed by atoms with Crippen LogP contribution in [0, 0.1) is 11.3 Å². The molecule has 1 amide bonds. The summed E-state index contributed by atoms with van der Waals surface area (Å²) in [5.74, 6) is -1.29. The molecule has 0 aliphatic carbocycles. The topological polar surface area (TPSA) is 119 Å². The predicted molar refractivity (Wildman–Crippen MR) is 122 cm³/mol. The number of rotatable bonds is 7. The SMILES string of the molecule is CN[S+]([O-])c1cc(NC(=O)c2cc(Cl)c(C(F)(F)F)cc2Oc2ccc(C#N)cc2OC)ccn1. The lowest BCUT2D eigenvalue weighted by Crippen LogP contribution is -2.20. The van der Waals surface area contributed by atoms with Gasteiger partial charge in [0.05, 0.1) is 46.3 Å². The van der Waals surface area contributed by atoms with Crippen LogP contribution in [-0.4, -0.2) is 29.6 Å². The molecule has 0 bridgehead atoms. The van der Waals surface area contributed by atoms with Gasteiger partial charge in [0.25, 0.3) is 10.9 Å². The van der Waals surface area contributed by atoms with Gasteiger partial charge in [0, 0.05) is 31.1 Å². The number of carbonyl (C=O) groups is 1. The molecule has 1 heterocycles. The second-order valence-corrected chi connectivity index (χ2v) is 8.49. The van der Waals surface area contributed by atoms with Crippen LogP contribution in [0.1, 0.15) is 21.5 Å². The summed E-state index contributed by atoms with van der Waals surface area (Å²) in [7, 11) is 2.74. The maximum Gasteiger partial charge on any atom is 0.417 e. The summed E-state index contributed by atoms with van der Waals surface area (Å²) in [6.07, 6.45) is -3.52. The van der Waals surface area contributed by atoms with Crippen molar-refractivity contribution in [1.29, 1.82) is 5.26 Å². The molecule has 0 aliphatic rings. The molecule has 0 spiro atoms. The third-order valence-corrected chi connectivity index (χ3v) is 5.79. The lowest BCUT2D eigenvalue weighted by Gasteiger charge is -2.17. The van der Waals surface area contributed by atoms with Crippen LogP contribution in [0.25, 0.3) is 0 Å². The summed E-state index contributed by atoms with van der Waals surface area (Å²) in [5.41, 5.74) is -1.12. The number of amides is 1. The zero-order chi connectivity index (χ0) is 25.8. The number of methoxy groups -OCH3 is 1. The highest BCUT2D eigenvalue weighted by Gasteiger charge is 2.35. The van der Waals surface area contributed by atoms with Crippen molar-refractivity contribution in [2.45, 2.75) is 11.2 Å². The molecule has 0 radical (unpaired) electrons. The van der Waals surface area contributed by atoms with Crippen molar-refractivity contribution in [1.82, 2.24) is 9.71 Å². The van der Waals surface area contributed by atoms with Gasteiger partial charge in [-0.1, -0.05) is 11.6 Å². The molecule has 1 unspecified atom stereocenters. The van der Waals surface area contributed by atoms with Crippen molar-refractivity contribution < 1.29 is 32.0 Å². The quantitative estimate of drug-likeness (QED) is 0.421. The first-order valence-electron chi connectivity index (χ1n) is 9.60. The van der Waals surface area contributed by atoms with E-state index >= 15 is 0 Å². The summed E-state index contributed by atoms with van der Waals surface area (Å²) >= 11 is 4.21. The van der Waals surface area contributed by atoms with E-state index in [9.17, 15) is 22.5 Å². The van der Waals surface area contributed by atoms with Crippen LogP contribution in [0.4, 0.5) is 18.9 Å². The van der Waals surface area contributed by atoms with E-state index in [1.807, 2.05) is 6.07 Å². The molecule has 182 valence electrons. The van der Waals surface area contributed by atoms with Crippen LogP contribution < -0.4 is 19.5 Å². The normalized spacial score (nSPS) is 11.9. The predicted octanol–water partition coefficient (Wildman–Crippen LogP) is 4.92. The molecule has 0 saturated heterocycles. The first-order valence-corrected chi connectivity index (χ1v) is 11.1. The van der Waals surface area contributed by atoms with Gasteiger partial charge in [0.1, 0.15) is 5.75 Å². The van der Waals surface area contributed by atoms with Crippen molar-refractivity contribution in [3.63, 3.8) is 0 Å². The van der Waals surface area contributed by atoms with Gasteiger partial charge in [0.2, 0.25) is 0 Å². The number of carbonyl (C=O) groups excluding carboxylic acids is 1. The molecule has 35 heavy (non-hydrogen) atoms. The molecular weight excluding hydrogens is 509 g/mol. The summed E-state index contributed by atoms with van der Waals surface area (Å²) in [5, 5.41) is 11.0. The Labute approximate surface area is 206 Å². The van der Waals surface area contributed by atoms with Gasteiger partial charge in [-0.3, -0.25) is 4.79 Å². The van der Waals surface area contributed by atoms with Crippen LogP contribution in [0.15, 0.2) is 53.7 Å². The summed E-state index contributed by atoms with van der Waals surface area (Å²) < 4.78 is 65.7. The van der Waals surface area contributed by atoms with Crippen LogP contribution in [0.5, 0.6) is 17.2 Å². The number of alkyl halides is 3. The fourth-order valence-corrected chi connectivity index (χ4v) is 3.73. The average Bonchev–Trinajstić information content (AvgIpc) is 2.83. The van der Waals surface area contributed by atoms with Crippen LogP contribution in [-0.2, 0) is 17.5 Å². The Morgan fingerprint density at radius 3 is 2.54 bits per heavy atom. The van der Waals surface area contributed by atoms with E-state index in [1.54, 1.807) is 0 Å². The zero-order valence-corrected chi connectivity index (χ0v) is 19.6. The number of nitrogens with one attached hydrogen (secondary N) is 2. The molecule has 1 atom stereocenters. The molecule has 1 aromatic heterocycles. The minimum atomic E-state index is -4.82. The fourth-order valence-electron chi connectivity index (χ4n) is 2.86. The number of benzene rings is 2. The van der Waals surface area contributed by atoms with E-state index in [0.29, 0.717) is 6.07 Å². The van der Waals surface area contributed by atoms with Crippen LogP contribution in [0.2, 0.25) is 5.02 Å². The van der Waals surface area contributed by atoms with Gasteiger partial charge in [0.15, 0.2) is 11.5 Å². The molecular formula is C22H16ClF3N4O4S. The Morgan fingerprint density at radius 2 is 1.91 bits per heavy atom. The van der Waals surface area contributed by atoms with Crippen molar-refractivity contribution in [3.8, 4) is 23.3 Å². The molecule has 2 N–H and O–H groups in total. The van der Waals surface area contributed by atoms with Crippen LogP contribution >= 0.6 is 11.6 Å². The number of hydrogen-bond donors (Lipinski definition) is 2. The number of nitriles is 1. The minimum Gasteiger partial charge on any atom is -0.592 e. The zero-order valence-electron chi connectivity index (χ0n) is 18.1. The van der Waals surface area contributed by atoms with Gasteiger partial charge in [-0.2, -0.15) is 18.4 Å². The maximum atomic E-state index is 13.5. The van der Waals surface area contributed by atoms with Gasteiger partial charge in [-0.25, -0.2) is 4.98 Å². The van der Waals surface area contributed by atoms with E-state index < -0.39 is 39.8 Å². The van der Waals surface area contributed by atoms with Gasteiger partial charge < -0.3 is 19.3 Å². The number of hydrogen-bond acceptors (Lipinski definition) is 7. The maximum absolute atomic E-state index is 13.5. The Hall–Kier alpha value is -3.50. The molecule has 13 heteroatoms. The molecule has 3 aromatic rings. The number of aromatic nitrogens is 1. The van der Waals surface area contributed by atoms with Gasteiger partial charge in [-0.05, 0) is 30.3 Å². The van der Waals surface area contributed by atoms with Gasteiger partial charge >= 0.3 is 6.18 Å². The van der Waals surface area contributed by atoms with E-state index in [-0.39, 0.29) is 33.3 Å². The second-order valence-electron chi connectivity index (χ2n) is 6.72. The summed E-state index contributed by atoms with van der Waals surface area (Å²) in [6, 6.07) is 10.1. The van der Waals surface area contributed by atoms with Crippen molar-refractivity contribution in [2.24, 2.45) is 0 Å². The number of halogens is 4. The Bertz CT molecular complexity index is 1300. The summed E-state index contributed by atoms with van der Waals surface area (Å²) in [4.78, 5) is 17.0. The number of anilines is 1. The van der Waals surface area contributed by atoms with Crippen molar-refractivity contribution in [2.75, 3.05) is 19.5 Å². The van der Waals surface area contributed by atoms with Crippen molar-refractivity contribution >= 4 is 34.6 Å². The number of pyridine rings is 1. The number of nitrogens with zero attached hydrogens (tertiary/aromatic N) is 2. The smallest absolute Gasteiger partial charge is 0.417 e. The second kappa shape index (κ2) is 10.8. The first kappa shape index (κ1) is 26.1. The highest BCUT2D eigenvalue weighted by molar-refractivity contribution is 7.89. The highest BCUT2D eigenvalue weighted by Crippen LogP contribution is 2.41. The summed E-state index contributed by atoms with van der Waals surface area (Å²) in [6.45, 7) is 0. The molecule has 3 rings (SSSR count). The Kier molecular flexibility index (Phi) is 8.08. The van der Waals surface area contributed by atoms with E-state index in [2.05, 4.69) is 15.0 Å². The third-order valence-electron chi connectivity index (χ3n) is 4.50. The standard InChI is InChI=1S/C22H16ClF3N4O4S/c1-28-35(32)20-8-13(5-6-29-20)30-21(31)14-9-16(23)15(22(24,25)26)10-18(14)34-17-4-3-12(11-27)7-19(17)33-2/h3-10,28H,1-2H3,(H,29,30,31). The Morgan fingerprint density at radius 1 is 1.17 bits per heavy atom. The van der Waals surface area contributed by atoms with Gasteiger partial charge in [-0.15, -0.1) is 4.72 Å².